The van der Waals surface area contributed by atoms with Crippen molar-refractivity contribution >= 4 is 11.5 Å². The molecule has 4 aromatic heterocycles. The van der Waals surface area contributed by atoms with Crippen molar-refractivity contribution < 1.29 is 13.2 Å². The van der Waals surface area contributed by atoms with Gasteiger partial charge in [-0.05, 0) is 32.4 Å². The van der Waals surface area contributed by atoms with Crippen LogP contribution in [0.4, 0.5) is 19.0 Å². The molecule has 8 nitrogen and oxygen atoms in total. The summed E-state index contributed by atoms with van der Waals surface area (Å²) in [7, 11) is 1.87. The Morgan fingerprint density at radius 3 is 2.50 bits per heavy atom. The number of anilines is 1. The van der Waals surface area contributed by atoms with Gasteiger partial charge in [-0.25, -0.2) is 0 Å². The van der Waals surface area contributed by atoms with Gasteiger partial charge in [-0.1, -0.05) is 0 Å². The Kier molecular flexibility index (Phi) is 4.47. The molecule has 0 aromatic carbocycles. The van der Waals surface area contributed by atoms with E-state index in [0.717, 1.165) is 38.2 Å². The second-order valence-electron chi connectivity index (χ2n) is 8.13. The first-order valence-electron chi connectivity index (χ1n) is 10.2. The zero-order valence-corrected chi connectivity index (χ0v) is 18.1. The van der Waals surface area contributed by atoms with E-state index in [1.54, 1.807) is 11.6 Å². The Labute approximate surface area is 181 Å². The number of nitrogens with zero attached hydrogens (tertiary/aromatic N) is 8. The van der Waals surface area contributed by atoms with Crippen molar-refractivity contribution in [2.45, 2.75) is 39.9 Å². The van der Waals surface area contributed by atoms with Gasteiger partial charge in [0.1, 0.15) is 0 Å². The summed E-state index contributed by atoms with van der Waals surface area (Å²) in [5.74, 6) is -0.626. The molecule has 0 amide bonds. The number of aromatic nitrogens is 7. The maximum absolute atomic E-state index is 13.4. The highest BCUT2D eigenvalue weighted by Gasteiger charge is 2.38. The van der Waals surface area contributed by atoms with Gasteiger partial charge in [-0.2, -0.15) is 22.8 Å². The van der Waals surface area contributed by atoms with Gasteiger partial charge in [-0.15, -0.1) is 15.3 Å². The maximum atomic E-state index is 13.4. The highest BCUT2D eigenvalue weighted by Crippen LogP contribution is 2.33. The maximum Gasteiger partial charge on any atom is 0.453 e. The van der Waals surface area contributed by atoms with Gasteiger partial charge < -0.3 is 4.90 Å². The number of rotatable bonds is 2. The minimum Gasteiger partial charge on any atom is -0.350 e. The van der Waals surface area contributed by atoms with Gasteiger partial charge in [0.05, 0.1) is 5.69 Å². The lowest BCUT2D eigenvalue weighted by Gasteiger charge is -2.31. The van der Waals surface area contributed by atoms with E-state index in [0.29, 0.717) is 30.9 Å². The van der Waals surface area contributed by atoms with E-state index < -0.39 is 12.0 Å². The molecule has 0 spiro atoms. The summed E-state index contributed by atoms with van der Waals surface area (Å²) in [5.41, 5.74) is 6.42. The van der Waals surface area contributed by atoms with Crippen LogP contribution in [0.3, 0.4) is 0 Å². The van der Waals surface area contributed by atoms with Gasteiger partial charge in [0.15, 0.2) is 11.5 Å². The first-order valence-corrected chi connectivity index (χ1v) is 10.2. The molecule has 4 aromatic rings. The van der Waals surface area contributed by atoms with E-state index >= 15 is 0 Å². The van der Waals surface area contributed by atoms with Crippen molar-refractivity contribution in [3.05, 3.63) is 52.4 Å². The SMILES string of the molecule is Cc1nn(C)cc1-c1cnc2c(c1)CN(c1nn3c(C(F)(F)F)nnc3c(C)c1C)CC2. The number of halogens is 3. The lowest BCUT2D eigenvalue weighted by atomic mass is 10.00. The summed E-state index contributed by atoms with van der Waals surface area (Å²) in [6.45, 7) is 6.64. The molecule has 32 heavy (non-hydrogen) atoms. The first kappa shape index (κ1) is 20.4. The van der Waals surface area contributed by atoms with Crippen molar-refractivity contribution in [3.63, 3.8) is 0 Å². The van der Waals surface area contributed by atoms with Crippen molar-refractivity contribution in [2.75, 3.05) is 11.4 Å². The van der Waals surface area contributed by atoms with Gasteiger partial charge in [0.25, 0.3) is 5.82 Å². The van der Waals surface area contributed by atoms with Crippen molar-refractivity contribution in [2.24, 2.45) is 7.05 Å². The van der Waals surface area contributed by atoms with Crippen LogP contribution >= 0.6 is 0 Å². The minimum absolute atomic E-state index is 0.118. The minimum atomic E-state index is -4.64. The van der Waals surface area contributed by atoms with E-state index in [9.17, 15) is 13.2 Å². The molecule has 0 fully saturated rings. The van der Waals surface area contributed by atoms with Crippen LogP contribution in [-0.2, 0) is 26.2 Å². The Hall–Kier alpha value is -3.50. The van der Waals surface area contributed by atoms with Crippen molar-refractivity contribution in [1.82, 2.24) is 34.6 Å². The largest absolute Gasteiger partial charge is 0.453 e. The first-order chi connectivity index (χ1) is 15.1. The van der Waals surface area contributed by atoms with Crippen LogP contribution in [-0.4, -0.2) is 41.1 Å². The third-order valence-corrected chi connectivity index (χ3v) is 5.99. The normalized spacial score (nSPS) is 14.3. The van der Waals surface area contributed by atoms with E-state index in [1.807, 2.05) is 38.2 Å². The van der Waals surface area contributed by atoms with Gasteiger partial charge in [0.2, 0.25) is 0 Å². The predicted octanol–water partition coefficient (Wildman–Crippen LogP) is 3.43. The number of fused-ring (bicyclic) bond motifs is 2. The van der Waals surface area contributed by atoms with Crippen molar-refractivity contribution in [3.8, 4) is 11.1 Å². The highest BCUT2D eigenvalue weighted by atomic mass is 19.4. The van der Waals surface area contributed by atoms with Crippen LogP contribution in [0.5, 0.6) is 0 Å². The number of aryl methyl sites for hydroxylation is 3. The molecule has 0 unspecified atom stereocenters. The van der Waals surface area contributed by atoms with Crippen molar-refractivity contribution in [1.29, 1.82) is 0 Å². The molecule has 0 aliphatic carbocycles. The molecule has 166 valence electrons. The molecule has 0 bridgehead atoms. The standard InChI is InChI=1S/C21H21F3N8/c1-11-12(2)19(29-32-18(11)26-27-20(32)21(22,23)24)31-6-5-17-15(9-31)7-14(8-25-17)16-10-30(4)28-13(16)3/h7-8,10H,5-6,9H2,1-4H3. The summed E-state index contributed by atoms with van der Waals surface area (Å²) in [6, 6.07) is 2.08. The fourth-order valence-electron chi connectivity index (χ4n) is 4.23. The predicted molar refractivity (Wildman–Crippen MR) is 111 cm³/mol. The zero-order chi connectivity index (χ0) is 22.8. The van der Waals surface area contributed by atoms with Gasteiger partial charge >= 0.3 is 6.18 Å². The molecule has 0 N–H and O–H groups in total. The number of hydrogen-bond acceptors (Lipinski definition) is 6. The second-order valence-corrected chi connectivity index (χ2v) is 8.13. The molecule has 0 saturated heterocycles. The summed E-state index contributed by atoms with van der Waals surface area (Å²) in [5, 5.41) is 15.8. The Balaban J connectivity index is 1.56. The summed E-state index contributed by atoms with van der Waals surface area (Å²) in [4.78, 5) is 6.64. The molecular weight excluding hydrogens is 421 g/mol. The Bertz CT molecular complexity index is 1350. The van der Waals surface area contributed by atoms with Gasteiger partial charge in [-0.3, -0.25) is 9.67 Å². The van der Waals surface area contributed by atoms with Crippen LogP contribution in [0.25, 0.3) is 16.8 Å². The smallest absolute Gasteiger partial charge is 0.350 e. The molecule has 5 rings (SSSR count). The Morgan fingerprint density at radius 1 is 1.03 bits per heavy atom. The molecule has 11 heteroatoms. The summed E-state index contributed by atoms with van der Waals surface area (Å²) >= 11 is 0. The monoisotopic (exact) mass is 442 g/mol. The fraction of sp³-hybridized carbons (Fsp3) is 0.381. The van der Waals surface area contributed by atoms with Crippen LogP contribution in [0.1, 0.15) is 33.9 Å². The lowest BCUT2D eigenvalue weighted by Crippen LogP contribution is -2.33. The molecule has 5 heterocycles. The van der Waals surface area contributed by atoms with E-state index in [2.05, 4.69) is 31.4 Å². The summed E-state index contributed by atoms with van der Waals surface area (Å²) in [6.07, 6.45) is -0.160. The van der Waals surface area contributed by atoms with Crippen LogP contribution < -0.4 is 4.90 Å². The number of hydrogen-bond donors (Lipinski definition) is 0. The van der Waals surface area contributed by atoms with Crippen LogP contribution in [0, 0.1) is 20.8 Å². The average molecular weight is 442 g/mol. The van der Waals surface area contributed by atoms with Crippen LogP contribution in [0.15, 0.2) is 18.5 Å². The lowest BCUT2D eigenvalue weighted by molar-refractivity contribution is -0.146. The van der Waals surface area contributed by atoms with E-state index in [1.165, 1.54) is 0 Å². The second kappa shape index (κ2) is 7.01. The third-order valence-electron chi connectivity index (χ3n) is 5.99. The fourth-order valence-corrected chi connectivity index (χ4v) is 4.23. The third kappa shape index (κ3) is 3.19. The molecule has 0 radical (unpaired) electrons. The topological polar surface area (TPSA) is 77.0 Å². The van der Waals surface area contributed by atoms with Gasteiger partial charge in [0, 0.05) is 66.9 Å². The number of alkyl halides is 3. The quantitative estimate of drug-likeness (QED) is 0.474. The molecular formula is C21H21F3N8. The molecule has 0 atom stereocenters. The molecule has 1 aliphatic heterocycles. The zero-order valence-electron chi connectivity index (χ0n) is 18.1. The molecule has 0 saturated carbocycles. The highest BCUT2D eigenvalue weighted by molar-refractivity contribution is 5.66. The average Bonchev–Trinajstić information content (AvgIpc) is 3.32. The summed E-state index contributed by atoms with van der Waals surface area (Å²) < 4.78 is 42.8. The van der Waals surface area contributed by atoms with E-state index in [-0.39, 0.29) is 5.65 Å². The Morgan fingerprint density at radius 2 is 1.81 bits per heavy atom. The van der Waals surface area contributed by atoms with Crippen LogP contribution in [0.2, 0.25) is 0 Å². The molecule has 1 aliphatic rings. The number of pyridine rings is 1. The van der Waals surface area contributed by atoms with E-state index in [4.69, 9.17) is 0 Å².